The van der Waals surface area contributed by atoms with Gasteiger partial charge in [0.05, 0.1) is 29.9 Å². The Hall–Kier alpha value is -2.48. The Morgan fingerprint density at radius 3 is 2.50 bits per heavy atom. The van der Waals surface area contributed by atoms with E-state index in [2.05, 4.69) is 11.1 Å². The number of halogens is 1. The van der Waals surface area contributed by atoms with Gasteiger partial charge in [-0.3, -0.25) is 4.99 Å². The summed E-state index contributed by atoms with van der Waals surface area (Å²) >= 11 is 0. The van der Waals surface area contributed by atoms with Gasteiger partial charge in [0, 0.05) is 11.6 Å². The van der Waals surface area contributed by atoms with E-state index in [0.29, 0.717) is 22.5 Å². The topological polar surface area (TPSA) is 62.4 Å². The normalized spacial score (nSPS) is 20.6. The minimum absolute atomic E-state index is 0.00180. The molecule has 0 spiro atoms. The highest BCUT2D eigenvalue weighted by Crippen LogP contribution is 2.41. The van der Waals surface area contributed by atoms with E-state index in [-0.39, 0.29) is 18.3 Å². The van der Waals surface area contributed by atoms with Gasteiger partial charge in [-0.15, -0.1) is 0 Å². The van der Waals surface area contributed by atoms with Crippen LogP contribution >= 0.6 is 0 Å². The number of esters is 1. The van der Waals surface area contributed by atoms with Gasteiger partial charge in [0.1, 0.15) is 5.82 Å². The van der Waals surface area contributed by atoms with Gasteiger partial charge in [0.15, 0.2) is 0 Å². The Balaban J connectivity index is 2.68. The molecule has 0 fully saturated rings. The van der Waals surface area contributed by atoms with Gasteiger partial charge < -0.3 is 4.74 Å². The van der Waals surface area contributed by atoms with Crippen LogP contribution < -0.4 is 0 Å². The van der Waals surface area contributed by atoms with E-state index in [1.807, 2.05) is 13.8 Å². The van der Waals surface area contributed by atoms with Gasteiger partial charge >= 0.3 is 5.97 Å². The maximum atomic E-state index is 13.3. The number of benzene rings is 1. The Morgan fingerprint density at radius 1 is 1.38 bits per heavy atom. The predicted octanol–water partition coefficient (Wildman–Crippen LogP) is 4.00. The van der Waals surface area contributed by atoms with Gasteiger partial charge in [-0.25, -0.2) is 9.18 Å². The first-order valence-corrected chi connectivity index (χ1v) is 8.02. The molecule has 2 atom stereocenters. The lowest BCUT2D eigenvalue weighted by Gasteiger charge is -2.31. The second kappa shape index (κ2) is 7.39. The highest BCUT2D eigenvalue weighted by atomic mass is 19.1. The minimum atomic E-state index is -0.586. The smallest absolute Gasteiger partial charge is 0.336 e. The summed E-state index contributed by atoms with van der Waals surface area (Å²) in [7, 11) is 0. The largest absolute Gasteiger partial charge is 0.463 e. The van der Waals surface area contributed by atoms with Crippen molar-refractivity contribution in [3.05, 3.63) is 46.9 Å². The third kappa shape index (κ3) is 3.38. The van der Waals surface area contributed by atoms with E-state index in [9.17, 15) is 14.4 Å². The van der Waals surface area contributed by atoms with Crippen molar-refractivity contribution in [2.45, 2.75) is 33.6 Å². The van der Waals surface area contributed by atoms with Crippen LogP contribution in [0.3, 0.4) is 0 Å². The molecule has 1 aromatic rings. The molecular formula is C19H21FN2O2. The van der Waals surface area contributed by atoms with Gasteiger partial charge in [0.2, 0.25) is 0 Å². The van der Waals surface area contributed by atoms with Crippen molar-refractivity contribution in [3.63, 3.8) is 0 Å². The molecule has 1 heterocycles. The fraction of sp³-hybridized carbons (Fsp3) is 0.421. The maximum absolute atomic E-state index is 13.3. The van der Waals surface area contributed by atoms with Crippen LogP contribution in [0.15, 0.2) is 40.5 Å². The molecule has 0 aliphatic carbocycles. The van der Waals surface area contributed by atoms with E-state index in [4.69, 9.17) is 4.74 Å². The summed E-state index contributed by atoms with van der Waals surface area (Å²) in [4.78, 5) is 17.1. The van der Waals surface area contributed by atoms with Crippen LogP contribution in [0.4, 0.5) is 4.39 Å². The summed E-state index contributed by atoms with van der Waals surface area (Å²) in [6, 6.07) is 8.13. The number of hydrogen-bond acceptors (Lipinski definition) is 4. The molecule has 4 nitrogen and oxygen atoms in total. The Labute approximate surface area is 141 Å². The summed E-state index contributed by atoms with van der Waals surface area (Å²) in [6.07, 6.45) is 0. The lowest BCUT2D eigenvalue weighted by atomic mass is 9.75. The fourth-order valence-corrected chi connectivity index (χ4v) is 2.96. The lowest BCUT2D eigenvalue weighted by Crippen LogP contribution is -2.31. The molecule has 0 N–H and O–H groups in total. The van der Waals surface area contributed by atoms with Crippen LogP contribution in [0.25, 0.3) is 0 Å². The molecule has 0 bridgehead atoms. The Bertz CT molecular complexity index is 727. The van der Waals surface area contributed by atoms with Gasteiger partial charge in [0.25, 0.3) is 0 Å². The maximum Gasteiger partial charge on any atom is 0.336 e. The third-order valence-corrected chi connectivity index (χ3v) is 4.08. The fourth-order valence-electron chi connectivity index (χ4n) is 2.96. The number of rotatable bonds is 4. The molecule has 5 heteroatoms. The molecule has 2 rings (SSSR count). The molecule has 1 aromatic carbocycles. The minimum Gasteiger partial charge on any atom is -0.463 e. The van der Waals surface area contributed by atoms with Crippen molar-refractivity contribution >= 4 is 11.7 Å². The van der Waals surface area contributed by atoms with E-state index >= 15 is 0 Å². The first-order valence-electron chi connectivity index (χ1n) is 8.02. The van der Waals surface area contributed by atoms with Gasteiger partial charge in [-0.05, 0) is 37.5 Å². The zero-order valence-electron chi connectivity index (χ0n) is 14.3. The lowest BCUT2D eigenvalue weighted by molar-refractivity contribution is -0.139. The molecule has 0 saturated carbocycles. The monoisotopic (exact) mass is 328 g/mol. The zero-order valence-corrected chi connectivity index (χ0v) is 14.3. The zero-order chi connectivity index (χ0) is 17.9. The van der Waals surface area contributed by atoms with E-state index in [1.165, 1.54) is 12.1 Å². The second-order valence-electron chi connectivity index (χ2n) is 6.06. The average Bonchev–Trinajstić information content (AvgIpc) is 2.54. The van der Waals surface area contributed by atoms with Crippen LogP contribution in [0.5, 0.6) is 0 Å². The van der Waals surface area contributed by atoms with Gasteiger partial charge in [-0.1, -0.05) is 26.0 Å². The number of nitriles is 1. The summed E-state index contributed by atoms with van der Waals surface area (Å²) in [5.74, 6) is -1.92. The average molecular weight is 328 g/mol. The molecule has 24 heavy (non-hydrogen) atoms. The molecular weight excluding hydrogens is 307 g/mol. The summed E-state index contributed by atoms with van der Waals surface area (Å²) in [5.41, 5.74) is 2.39. The molecule has 0 saturated heterocycles. The first kappa shape index (κ1) is 17.9. The SMILES string of the molecule is CCOC(=O)C1=C(C(C)C)N=C(C)C(C#N)C1c1ccc(F)cc1. The highest BCUT2D eigenvalue weighted by Gasteiger charge is 2.39. The molecule has 1 aliphatic heterocycles. The first-order chi connectivity index (χ1) is 11.4. The number of hydrogen-bond donors (Lipinski definition) is 0. The molecule has 1 aliphatic rings. The van der Waals surface area contributed by atoms with Crippen molar-refractivity contribution in [2.75, 3.05) is 6.61 Å². The van der Waals surface area contributed by atoms with E-state index < -0.39 is 17.8 Å². The van der Waals surface area contributed by atoms with Crippen LogP contribution in [0, 0.1) is 29.0 Å². The second-order valence-corrected chi connectivity index (χ2v) is 6.06. The highest BCUT2D eigenvalue weighted by molar-refractivity contribution is 5.98. The Kier molecular flexibility index (Phi) is 5.50. The number of nitrogens with zero attached hydrogens (tertiary/aromatic N) is 2. The van der Waals surface area contributed by atoms with Crippen LogP contribution in [-0.2, 0) is 9.53 Å². The number of aliphatic imine (C=N–C) groups is 1. The van der Waals surface area contributed by atoms with E-state index in [1.54, 1.807) is 26.0 Å². The van der Waals surface area contributed by atoms with Crippen molar-refractivity contribution in [1.82, 2.24) is 0 Å². The van der Waals surface area contributed by atoms with Crippen LogP contribution in [0.1, 0.15) is 39.2 Å². The number of ether oxygens (including phenoxy) is 1. The molecule has 0 aromatic heterocycles. The summed E-state index contributed by atoms with van der Waals surface area (Å²) < 4.78 is 18.5. The number of carbonyl (C=O) groups excluding carboxylic acids is 1. The number of carbonyl (C=O) groups is 1. The van der Waals surface area contributed by atoms with Crippen LogP contribution in [0.2, 0.25) is 0 Å². The third-order valence-electron chi connectivity index (χ3n) is 4.08. The molecule has 126 valence electrons. The van der Waals surface area contributed by atoms with Crippen molar-refractivity contribution in [3.8, 4) is 6.07 Å². The molecule has 0 amide bonds. The molecule has 0 radical (unpaired) electrons. The quantitative estimate of drug-likeness (QED) is 0.785. The Morgan fingerprint density at radius 2 is 2.00 bits per heavy atom. The van der Waals surface area contributed by atoms with Crippen LogP contribution in [-0.4, -0.2) is 18.3 Å². The molecule has 2 unspecified atom stereocenters. The number of allylic oxidation sites excluding steroid dienone is 1. The summed E-state index contributed by atoms with van der Waals surface area (Å²) in [6.45, 7) is 7.65. The summed E-state index contributed by atoms with van der Waals surface area (Å²) in [5, 5.41) is 9.62. The van der Waals surface area contributed by atoms with Gasteiger partial charge in [-0.2, -0.15) is 5.26 Å². The van der Waals surface area contributed by atoms with E-state index in [0.717, 1.165) is 0 Å². The van der Waals surface area contributed by atoms with Crippen molar-refractivity contribution < 1.29 is 13.9 Å². The predicted molar refractivity (Wildman–Crippen MR) is 89.9 cm³/mol. The standard InChI is InChI=1S/C19H21FN2O2/c1-5-24-19(23)17-16(13-6-8-14(20)9-7-13)15(10-21)12(4)22-18(17)11(2)3/h6-9,11,15-16H,5H2,1-4H3. The van der Waals surface area contributed by atoms with Crippen molar-refractivity contribution in [1.29, 1.82) is 5.26 Å². The van der Waals surface area contributed by atoms with Crippen molar-refractivity contribution in [2.24, 2.45) is 16.8 Å².